The van der Waals surface area contributed by atoms with Crippen LogP contribution < -0.4 is 11.5 Å². The van der Waals surface area contributed by atoms with Crippen LogP contribution in [0.15, 0.2) is 30.3 Å². The Kier molecular flexibility index (Phi) is 9.87. The number of primary amides is 1. The second kappa shape index (κ2) is 10.8. The van der Waals surface area contributed by atoms with E-state index >= 15 is 0 Å². The Hall–Kier alpha value is -1.88. The van der Waals surface area contributed by atoms with Crippen molar-refractivity contribution in [3.05, 3.63) is 35.9 Å². The van der Waals surface area contributed by atoms with Gasteiger partial charge in [0.25, 0.3) is 0 Å². The highest BCUT2D eigenvalue weighted by Gasteiger charge is 2.16. The molecule has 0 saturated carbocycles. The van der Waals surface area contributed by atoms with Crippen LogP contribution >= 0.6 is 0 Å². The number of nitrogens with two attached hydrogens (primary N) is 2. The molecule has 5 nitrogen and oxygen atoms in total. The number of aliphatic carboxylic acids is 1. The van der Waals surface area contributed by atoms with E-state index in [0.29, 0.717) is 5.92 Å². The molecule has 5 heteroatoms. The number of carbonyl (C=O) groups is 2. The highest BCUT2D eigenvalue weighted by molar-refractivity contribution is 5.75. The molecule has 0 aliphatic heterocycles. The van der Waals surface area contributed by atoms with Gasteiger partial charge in [-0.1, -0.05) is 44.2 Å². The summed E-state index contributed by atoms with van der Waals surface area (Å²) in [6, 6.07) is 10.2. The molecule has 2 atom stereocenters. The molecule has 0 fully saturated rings. The van der Waals surface area contributed by atoms with Gasteiger partial charge in [0.2, 0.25) is 5.91 Å². The molecule has 0 unspecified atom stereocenters. The Morgan fingerprint density at radius 3 is 1.95 bits per heavy atom. The standard InChI is InChI=1S/C9H17NO3.C8H11N/c1-6(2)3-7(4-8(10)11)5-9(12)13;1-7(9)8-5-3-2-4-6-8/h6-7H,3-5H2,1-2H3,(H2,10,11)(H,12,13);2-7H,9H2,1H3/t2*7-/m10/s1. The molecule has 1 aromatic carbocycles. The molecule has 1 rings (SSSR count). The summed E-state index contributed by atoms with van der Waals surface area (Å²) in [6.07, 6.45) is 0.931. The smallest absolute Gasteiger partial charge is 0.303 e. The lowest BCUT2D eigenvalue weighted by Gasteiger charge is -2.14. The highest BCUT2D eigenvalue weighted by atomic mass is 16.4. The maximum atomic E-state index is 10.6. The average Bonchev–Trinajstić information content (AvgIpc) is 2.38. The summed E-state index contributed by atoms with van der Waals surface area (Å²) in [5.41, 5.74) is 11.8. The second-order valence-corrected chi connectivity index (χ2v) is 5.96. The topological polar surface area (TPSA) is 106 Å². The van der Waals surface area contributed by atoms with Gasteiger partial charge in [-0.3, -0.25) is 9.59 Å². The van der Waals surface area contributed by atoms with Crippen molar-refractivity contribution in [1.82, 2.24) is 0 Å². The molecule has 0 heterocycles. The normalized spacial score (nSPS) is 13.0. The van der Waals surface area contributed by atoms with Gasteiger partial charge in [0, 0.05) is 18.9 Å². The number of carbonyl (C=O) groups excluding carboxylic acids is 1. The van der Waals surface area contributed by atoms with Crippen molar-refractivity contribution in [1.29, 1.82) is 0 Å². The Bertz CT molecular complexity index is 428. The minimum Gasteiger partial charge on any atom is -0.481 e. The van der Waals surface area contributed by atoms with E-state index in [1.54, 1.807) is 0 Å². The Balaban J connectivity index is 0.000000425. The van der Waals surface area contributed by atoms with Gasteiger partial charge in [0.05, 0.1) is 0 Å². The van der Waals surface area contributed by atoms with Gasteiger partial charge in [-0.25, -0.2) is 0 Å². The first-order valence-electron chi connectivity index (χ1n) is 7.53. The van der Waals surface area contributed by atoms with E-state index in [1.165, 1.54) is 5.56 Å². The molecule has 22 heavy (non-hydrogen) atoms. The van der Waals surface area contributed by atoms with Gasteiger partial charge >= 0.3 is 5.97 Å². The summed E-state index contributed by atoms with van der Waals surface area (Å²) < 4.78 is 0. The van der Waals surface area contributed by atoms with Gasteiger partial charge in [-0.2, -0.15) is 0 Å². The third-order valence-electron chi connectivity index (χ3n) is 3.08. The summed E-state index contributed by atoms with van der Waals surface area (Å²) in [7, 11) is 0. The molecule has 0 bridgehead atoms. The first-order valence-corrected chi connectivity index (χ1v) is 7.53. The van der Waals surface area contributed by atoms with E-state index in [2.05, 4.69) is 0 Å². The third kappa shape index (κ3) is 10.9. The van der Waals surface area contributed by atoms with E-state index in [9.17, 15) is 9.59 Å². The molecular weight excluding hydrogens is 280 g/mol. The highest BCUT2D eigenvalue weighted by Crippen LogP contribution is 2.18. The van der Waals surface area contributed by atoms with Crippen LogP contribution in [0.5, 0.6) is 0 Å². The lowest BCUT2D eigenvalue weighted by atomic mass is 9.91. The maximum Gasteiger partial charge on any atom is 0.303 e. The van der Waals surface area contributed by atoms with Gasteiger partial charge in [0.1, 0.15) is 0 Å². The fraction of sp³-hybridized carbons (Fsp3) is 0.529. The molecule has 1 aromatic rings. The van der Waals surface area contributed by atoms with Crippen LogP contribution in [0.2, 0.25) is 0 Å². The van der Waals surface area contributed by atoms with Crippen molar-refractivity contribution in [2.75, 3.05) is 0 Å². The Morgan fingerprint density at radius 2 is 1.64 bits per heavy atom. The molecule has 0 spiro atoms. The minimum absolute atomic E-state index is 0.0289. The lowest BCUT2D eigenvalue weighted by molar-refractivity contribution is -0.138. The molecule has 0 aliphatic rings. The van der Waals surface area contributed by atoms with E-state index in [4.69, 9.17) is 16.6 Å². The number of benzene rings is 1. The van der Waals surface area contributed by atoms with Crippen LogP contribution in [-0.2, 0) is 9.59 Å². The van der Waals surface area contributed by atoms with Gasteiger partial charge < -0.3 is 16.6 Å². The maximum absolute atomic E-state index is 10.6. The van der Waals surface area contributed by atoms with Crippen LogP contribution in [-0.4, -0.2) is 17.0 Å². The Labute approximate surface area is 132 Å². The molecule has 5 N–H and O–H groups in total. The third-order valence-corrected chi connectivity index (χ3v) is 3.08. The predicted molar refractivity (Wildman–Crippen MR) is 88.1 cm³/mol. The number of hydrogen-bond donors (Lipinski definition) is 3. The number of rotatable bonds is 7. The first kappa shape index (κ1) is 20.1. The van der Waals surface area contributed by atoms with Crippen LogP contribution in [0.3, 0.4) is 0 Å². The van der Waals surface area contributed by atoms with E-state index in [-0.39, 0.29) is 24.8 Å². The van der Waals surface area contributed by atoms with Crippen molar-refractivity contribution in [3.63, 3.8) is 0 Å². The van der Waals surface area contributed by atoms with Crippen molar-refractivity contribution in [2.45, 2.75) is 46.1 Å². The van der Waals surface area contributed by atoms with Crippen LogP contribution in [0.4, 0.5) is 0 Å². The molecule has 1 amide bonds. The molecule has 0 aromatic heterocycles. The SMILES string of the molecule is CC(C)C[C@H](CC(N)=O)CC(=O)O.C[C@H](N)c1ccccc1. The zero-order chi connectivity index (χ0) is 17.1. The summed E-state index contributed by atoms with van der Waals surface area (Å²) >= 11 is 0. The quantitative estimate of drug-likeness (QED) is 0.720. The van der Waals surface area contributed by atoms with E-state index < -0.39 is 11.9 Å². The van der Waals surface area contributed by atoms with Crippen molar-refractivity contribution >= 4 is 11.9 Å². The molecule has 0 aliphatic carbocycles. The van der Waals surface area contributed by atoms with Crippen molar-refractivity contribution in [3.8, 4) is 0 Å². The van der Waals surface area contributed by atoms with Crippen molar-refractivity contribution < 1.29 is 14.7 Å². The van der Waals surface area contributed by atoms with Crippen LogP contribution in [0, 0.1) is 11.8 Å². The zero-order valence-electron chi connectivity index (χ0n) is 13.7. The molecular formula is C17H28N2O3. The first-order chi connectivity index (χ1) is 10.2. The molecule has 0 radical (unpaired) electrons. The summed E-state index contributed by atoms with van der Waals surface area (Å²) in [4.78, 5) is 21.0. The van der Waals surface area contributed by atoms with Gasteiger partial charge in [0.15, 0.2) is 0 Å². The number of amides is 1. The van der Waals surface area contributed by atoms with E-state index in [0.717, 1.165) is 6.42 Å². The summed E-state index contributed by atoms with van der Waals surface area (Å²) in [5, 5.41) is 8.56. The number of carboxylic acids is 1. The predicted octanol–water partition coefficient (Wildman–Crippen LogP) is 2.71. The number of carboxylic acid groups (broad SMARTS) is 1. The summed E-state index contributed by atoms with van der Waals surface area (Å²) in [5.74, 6) is -1.02. The van der Waals surface area contributed by atoms with Crippen LogP contribution in [0.25, 0.3) is 0 Å². The lowest BCUT2D eigenvalue weighted by Crippen LogP contribution is -2.19. The second-order valence-electron chi connectivity index (χ2n) is 5.96. The zero-order valence-corrected chi connectivity index (χ0v) is 13.7. The molecule has 0 saturated heterocycles. The fourth-order valence-electron chi connectivity index (χ4n) is 2.19. The summed E-state index contributed by atoms with van der Waals surface area (Å²) in [6.45, 7) is 5.97. The average molecular weight is 308 g/mol. The van der Waals surface area contributed by atoms with Crippen LogP contribution in [0.1, 0.15) is 51.6 Å². The van der Waals surface area contributed by atoms with Gasteiger partial charge in [-0.05, 0) is 30.7 Å². The van der Waals surface area contributed by atoms with E-state index in [1.807, 2.05) is 51.1 Å². The number of hydrogen-bond acceptors (Lipinski definition) is 3. The molecule has 124 valence electrons. The minimum atomic E-state index is -0.869. The monoisotopic (exact) mass is 308 g/mol. The Morgan fingerprint density at radius 1 is 1.09 bits per heavy atom. The fourth-order valence-corrected chi connectivity index (χ4v) is 2.19. The van der Waals surface area contributed by atoms with Gasteiger partial charge in [-0.15, -0.1) is 0 Å². The van der Waals surface area contributed by atoms with Crippen molar-refractivity contribution in [2.24, 2.45) is 23.3 Å². The largest absolute Gasteiger partial charge is 0.481 e.